The maximum Gasteiger partial charge on any atom is 0.204 e. The minimum absolute atomic E-state index is 0.157. The van der Waals surface area contributed by atoms with E-state index in [-0.39, 0.29) is 6.10 Å². The van der Waals surface area contributed by atoms with Gasteiger partial charge in [0.05, 0.1) is 26.9 Å². The lowest BCUT2D eigenvalue weighted by molar-refractivity contribution is -0.0375. The van der Waals surface area contributed by atoms with E-state index in [0.29, 0.717) is 25.6 Å². The molecule has 0 bridgehead atoms. The van der Waals surface area contributed by atoms with Crippen LogP contribution >= 0.6 is 0 Å². The van der Waals surface area contributed by atoms with Gasteiger partial charge in [0.2, 0.25) is 5.82 Å². The van der Waals surface area contributed by atoms with Crippen LogP contribution in [0, 0.1) is 0 Å². The van der Waals surface area contributed by atoms with E-state index >= 15 is 0 Å². The van der Waals surface area contributed by atoms with Gasteiger partial charge in [-0.2, -0.15) is 4.80 Å². The lowest BCUT2D eigenvalue weighted by atomic mass is 10.0. The quantitative estimate of drug-likeness (QED) is 0.726. The van der Waals surface area contributed by atoms with Crippen molar-refractivity contribution in [2.75, 3.05) is 40.5 Å². The molecule has 0 amide bonds. The van der Waals surface area contributed by atoms with Crippen molar-refractivity contribution in [1.82, 2.24) is 25.1 Å². The highest BCUT2D eigenvalue weighted by Crippen LogP contribution is 2.31. The van der Waals surface area contributed by atoms with E-state index in [4.69, 9.17) is 14.2 Å². The summed E-state index contributed by atoms with van der Waals surface area (Å²) >= 11 is 0. The molecular weight excluding hydrogens is 346 g/mol. The normalized spacial score (nSPS) is 20.0. The number of hydrogen-bond acceptors (Lipinski definition) is 7. The Morgan fingerprint density at radius 2 is 2.07 bits per heavy atom. The Morgan fingerprint density at radius 1 is 1.22 bits per heavy atom. The van der Waals surface area contributed by atoms with Gasteiger partial charge in [-0.05, 0) is 41.7 Å². The zero-order chi connectivity index (χ0) is 18.6. The Labute approximate surface area is 159 Å². The number of benzene rings is 1. The van der Waals surface area contributed by atoms with Gasteiger partial charge < -0.3 is 14.2 Å². The Morgan fingerprint density at radius 3 is 2.89 bits per heavy atom. The molecule has 8 nitrogen and oxygen atoms in total. The number of nitrogens with zero attached hydrogens (tertiary/aromatic N) is 5. The Bertz CT molecular complexity index is 779. The number of aryl methyl sites for hydroxylation is 2. The summed E-state index contributed by atoms with van der Waals surface area (Å²) in [4.78, 5) is 3.94. The molecule has 146 valence electrons. The first-order valence-corrected chi connectivity index (χ1v) is 9.56. The second-order valence-electron chi connectivity index (χ2n) is 7.12. The van der Waals surface area contributed by atoms with Crippen LogP contribution < -0.4 is 4.74 Å². The first-order chi connectivity index (χ1) is 13.3. The summed E-state index contributed by atoms with van der Waals surface area (Å²) in [6.45, 7) is 4.28. The number of rotatable bonds is 7. The molecule has 0 N–H and O–H groups in total. The van der Waals surface area contributed by atoms with E-state index in [2.05, 4.69) is 32.4 Å². The largest absolute Gasteiger partial charge is 0.496 e. The fourth-order valence-corrected chi connectivity index (χ4v) is 3.86. The van der Waals surface area contributed by atoms with Crippen molar-refractivity contribution >= 4 is 0 Å². The smallest absolute Gasteiger partial charge is 0.204 e. The Hall–Kier alpha value is -2.03. The SMILES string of the molecule is COCCn1nnc(C2CN(Cc3cc4c(cc3OC)CCC4)CCO2)n1. The second-order valence-corrected chi connectivity index (χ2v) is 7.12. The molecule has 2 aliphatic rings. The number of morpholine rings is 1. The summed E-state index contributed by atoms with van der Waals surface area (Å²) in [5, 5.41) is 12.7. The summed E-state index contributed by atoms with van der Waals surface area (Å²) < 4.78 is 16.6. The molecule has 1 fully saturated rings. The van der Waals surface area contributed by atoms with Crippen molar-refractivity contribution < 1.29 is 14.2 Å². The third kappa shape index (κ3) is 4.12. The molecule has 27 heavy (non-hydrogen) atoms. The zero-order valence-corrected chi connectivity index (χ0v) is 16.1. The van der Waals surface area contributed by atoms with Gasteiger partial charge in [0.1, 0.15) is 11.9 Å². The van der Waals surface area contributed by atoms with E-state index in [1.54, 1.807) is 19.0 Å². The summed E-state index contributed by atoms with van der Waals surface area (Å²) in [7, 11) is 3.41. The molecule has 1 unspecified atom stereocenters. The molecule has 1 aromatic heterocycles. The average molecular weight is 373 g/mol. The lowest BCUT2D eigenvalue weighted by Crippen LogP contribution is -2.38. The number of hydrogen-bond donors (Lipinski definition) is 0. The maximum absolute atomic E-state index is 5.90. The van der Waals surface area contributed by atoms with Crippen molar-refractivity contribution in [3.63, 3.8) is 0 Å². The van der Waals surface area contributed by atoms with Crippen molar-refractivity contribution in [1.29, 1.82) is 0 Å². The fraction of sp³-hybridized carbons (Fsp3) is 0.632. The fourth-order valence-electron chi connectivity index (χ4n) is 3.86. The standard InChI is InChI=1S/C19H27N5O3/c1-25-8-7-24-21-19(20-22-24)18-13-23(6-9-27-18)12-16-10-14-4-3-5-15(14)11-17(16)26-2/h10-11,18H,3-9,12-13H2,1-2H3. The highest BCUT2D eigenvalue weighted by molar-refractivity contribution is 5.44. The van der Waals surface area contributed by atoms with Crippen LogP contribution in [0.2, 0.25) is 0 Å². The summed E-state index contributed by atoms with van der Waals surface area (Å²) in [5.74, 6) is 1.62. The lowest BCUT2D eigenvalue weighted by Gasteiger charge is -2.31. The molecule has 1 saturated heterocycles. The van der Waals surface area contributed by atoms with E-state index < -0.39 is 0 Å². The molecule has 4 rings (SSSR count). The first kappa shape index (κ1) is 18.3. The molecule has 0 radical (unpaired) electrons. The Kier molecular flexibility index (Phi) is 5.66. The summed E-state index contributed by atoms with van der Waals surface area (Å²) in [6.07, 6.45) is 3.42. The molecule has 0 saturated carbocycles. The second kappa shape index (κ2) is 8.33. The summed E-state index contributed by atoms with van der Waals surface area (Å²) in [6, 6.07) is 4.55. The molecule has 1 aromatic carbocycles. The third-order valence-corrected chi connectivity index (χ3v) is 5.29. The highest BCUT2D eigenvalue weighted by Gasteiger charge is 2.27. The van der Waals surface area contributed by atoms with Gasteiger partial charge >= 0.3 is 0 Å². The number of tetrazole rings is 1. The topological polar surface area (TPSA) is 74.5 Å². The molecule has 1 atom stereocenters. The molecule has 2 aromatic rings. The maximum atomic E-state index is 5.90. The van der Waals surface area contributed by atoms with Crippen molar-refractivity contribution in [2.45, 2.75) is 38.5 Å². The van der Waals surface area contributed by atoms with Gasteiger partial charge in [0.25, 0.3) is 0 Å². The molecule has 1 aliphatic carbocycles. The van der Waals surface area contributed by atoms with Crippen LogP contribution in [0.5, 0.6) is 5.75 Å². The molecule has 0 spiro atoms. The van der Waals surface area contributed by atoms with Gasteiger partial charge in [-0.1, -0.05) is 6.07 Å². The van der Waals surface area contributed by atoms with Gasteiger partial charge in [-0.3, -0.25) is 4.90 Å². The predicted octanol–water partition coefficient (Wildman–Crippen LogP) is 1.39. The monoisotopic (exact) mass is 373 g/mol. The van der Waals surface area contributed by atoms with Crippen LogP contribution in [-0.2, 0) is 35.4 Å². The van der Waals surface area contributed by atoms with Gasteiger partial charge in [-0.25, -0.2) is 0 Å². The van der Waals surface area contributed by atoms with Crippen LogP contribution in [0.15, 0.2) is 12.1 Å². The van der Waals surface area contributed by atoms with Crippen LogP contribution in [0.25, 0.3) is 0 Å². The van der Waals surface area contributed by atoms with Gasteiger partial charge in [0.15, 0.2) is 0 Å². The average Bonchev–Trinajstić information content (AvgIpc) is 3.35. The van der Waals surface area contributed by atoms with Crippen LogP contribution in [0.3, 0.4) is 0 Å². The van der Waals surface area contributed by atoms with Crippen molar-refractivity contribution in [3.8, 4) is 5.75 Å². The highest BCUT2D eigenvalue weighted by atomic mass is 16.5. The number of methoxy groups -OCH3 is 2. The molecule has 2 heterocycles. The van der Waals surface area contributed by atoms with Crippen LogP contribution in [0.4, 0.5) is 0 Å². The molecule has 1 aliphatic heterocycles. The molecular formula is C19H27N5O3. The van der Waals surface area contributed by atoms with Gasteiger partial charge in [0, 0.05) is 32.3 Å². The first-order valence-electron chi connectivity index (χ1n) is 9.56. The Balaban J connectivity index is 1.44. The van der Waals surface area contributed by atoms with E-state index in [1.165, 1.54) is 29.5 Å². The van der Waals surface area contributed by atoms with Gasteiger partial charge in [-0.15, -0.1) is 10.2 Å². The minimum atomic E-state index is -0.157. The zero-order valence-electron chi connectivity index (χ0n) is 16.1. The van der Waals surface area contributed by atoms with Crippen molar-refractivity contribution in [2.24, 2.45) is 0 Å². The minimum Gasteiger partial charge on any atom is -0.496 e. The summed E-state index contributed by atoms with van der Waals surface area (Å²) in [5.41, 5.74) is 4.15. The third-order valence-electron chi connectivity index (χ3n) is 5.29. The predicted molar refractivity (Wildman–Crippen MR) is 98.7 cm³/mol. The number of aromatic nitrogens is 4. The number of fused-ring (bicyclic) bond motifs is 1. The molecule has 8 heteroatoms. The number of ether oxygens (including phenoxy) is 3. The van der Waals surface area contributed by atoms with Crippen LogP contribution in [-0.4, -0.2) is 65.6 Å². The van der Waals surface area contributed by atoms with E-state index in [1.807, 2.05) is 0 Å². The van der Waals surface area contributed by atoms with E-state index in [0.717, 1.165) is 31.8 Å². The van der Waals surface area contributed by atoms with Crippen LogP contribution in [0.1, 0.15) is 35.0 Å². The van der Waals surface area contributed by atoms with E-state index in [9.17, 15) is 0 Å². The van der Waals surface area contributed by atoms with Crippen molar-refractivity contribution in [3.05, 3.63) is 34.6 Å².